The summed E-state index contributed by atoms with van der Waals surface area (Å²) in [5.74, 6) is 0. The molecule has 0 aromatic heterocycles. The monoisotopic (exact) mass is 460 g/mol. The number of thioether (sulfide) groups is 1. The van der Waals surface area contributed by atoms with Crippen molar-refractivity contribution in [3.8, 4) is 0 Å². The summed E-state index contributed by atoms with van der Waals surface area (Å²) in [4.78, 5) is 23.6. The Morgan fingerprint density at radius 3 is 2.07 bits per heavy atom. The molecule has 0 amide bonds. The largest absolute Gasteiger partial charge is 0.412 e. The molecule has 1 fully saturated rings. The maximum Gasteiger partial charge on any atom is 0.192 e. The van der Waals surface area contributed by atoms with Gasteiger partial charge in [0.25, 0.3) is 0 Å². The van der Waals surface area contributed by atoms with E-state index in [1.165, 1.54) is 11.8 Å². The van der Waals surface area contributed by atoms with Crippen molar-refractivity contribution in [2.45, 2.75) is 127 Å². The molecule has 3 atom stereocenters. The van der Waals surface area contributed by atoms with Crippen LogP contribution in [-0.4, -0.2) is 45.0 Å². The smallest absolute Gasteiger partial charge is 0.192 e. The van der Waals surface area contributed by atoms with E-state index in [1.807, 2.05) is 0 Å². The maximum atomic E-state index is 12.4. The minimum Gasteiger partial charge on any atom is -0.412 e. The lowest BCUT2D eigenvalue weighted by Gasteiger charge is -2.48. The molecule has 4 nitrogen and oxygen atoms in total. The Hall–Kier alpha value is 0.0438. The molecule has 1 saturated heterocycles. The Labute approximate surface area is 185 Å². The van der Waals surface area contributed by atoms with Crippen LogP contribution in [0.5, 0.6) is 0 Å². The van der Waals surface area contributed by atoms with E-state index in [0.29, 0.717) is 19.3 Å². The van der Waals surface area contributed by atoms with Crippen LogP contribution in [-0.2, 0) is 18.4 Å². The summed E-state index contributed by atoms with van der Waals surface area (Å²) in [6, 6.07) is 3.18. The van der Waals surface area contributed by atoms with Crippen molar-refractivity contribution in [3.63, 3.8) is 0 Å². The highest BCUT2D eigenvalue weighted by Gasteiger charge is 2.52. The first-order valence-electron chi connectivity index (χ1n) is 11.3. The molecule has 7 heteroatoms. The second-order valence-corrected chi connectivity index (χ2v) is 21.1. The lowest BCUT2D eigenvalue weighted by Crippen LogP contribution is -2.56. The normalized spacial score (nSPS) is 23.3. The molecular formula is C22H44O4SSi2. The number of rotatable bonds is 12. The molecule has 0 aromatic carbocycles. The summed E-state index contributed by atoms with van der Waals surface area (Å²) in [6.07, 6.45) is 3.22. The van der Waals surface area contributed by atoms with Crippen LogP contribution >= 0.6 is 11.8 Å². The van der Waals surface area contributed by atoms with Gasteiger partial charge in [-0.2, -0.15) is 0 Å². The molecule has 0 aliphatic carbocycles. The van der Waals surface area contributed by atoms with Gasteiger partial charge in [-0.05, 0) is 56.0 Å². The van der Waals surface area contributed by atoms with Gasteiger partial charge in [-0.25, -0.2) is 0 Å². The molecule has 0 N–H and O–H groups in total. The molecule has 0 saturated carbocycles. The van der Waals surface area contributed by atoms with E-state index in [4.69, 9.17) is 8.85 Å². The van der Waals surface area contributed by atoms with Gasteiger partial charge in [-0.1, -0.05) is 53.3 Å². The Bertz CT molecular complexity index is 549. The fourth-order valence-electron chi connectivity index (χ4n) is 4.07. The van der Waals surface area contributed by atoms with E-state index in [1.54, 1.807) is 0 Å². The van der Waals surface area contributed by atoms with Gasteiger partial charge in [0.15, 0.2) is 21.8 Å². The fraction of sp³-hybridized carbons (Fsp3) is 0.909. The first-order chi connectivity index (χ1) is 13.3. The number of carbonyl (C=O) groups excluding carboxylic acids is 2. The highest BCUT2D eigenvalue weighted by atomic mass is 32.2. The molecule has 1 heterocycles. The Morgan fingerprint density at radius 2 is 1.69 bits per heavy atom. The number of aldehydes is 1. The minimum absolute atomic E-state index is 0.0996. The molecule has 0 bridgehead atoms. The van der Waals surface area contributed by atoms with Gasteiger partial charge < -0.3 is 13.6 Å². The lowest BCUT2D eigenvalue weighted by atomic mass is 9.89. The van der Waals surface area contributed by atoms with Gasteiger partial charge >= 0.3 is 0 Å². The molecule has 1 aliphatic heterocycles. The van der Waals surface area contributed by atoms with Crippen molar-refractivity contribution in [1.29, 1.82) is 0 Å². The van der Waals surface area contributed by atoms with Crippen LogP contribution in [0.3, 0.4) is 0 Å². The van der Waals surface area contributed by atoms with Crippen molar-refractivity contribution < 1.29 is 18.4 Å². The lowest BCUT2D eigenvalue weighted by molar-refractivity contribution is -0.110. The van der Waals surface area contributed by atoms with E-state index < -0.39 is 16.6 Å². The van der Waals surface area contributed by atoms with Gasteiger partial charge in [-0.3, -0.25) is 4.79 Å². The zero-order valence-electron chi connectivity index (χ0n) is 20.2. The van der Waals surface area contributed by atoms with Gasteiger partial charge in [0.1, 0.15) is 6.29 Å². The average molecular weight is 461 g/mol. The van der Waals surface area contributed by atoms with Crippen LogP contribution in [0.25, 0.3) is 0 Å². The van der Waals surface area contributed by atoms with Crippen LogP contribution in [0.15, 0.2) is 0 Å². The Kier molecular flexibility index (Phi) is 9.87. The summed E-state index contributed by atoms with van der Waals surface area (Å²) >= 11 is 1.43. The van der Waals surface area contributed by atoms with E-state index in [9.17, 15) is 9.59 Å². The van der Waals surface area contributed by atoms with Gasteiger partial charge in [0.2, 0.25) is 0 Å². The molecule has 29 heavy (non-hydrogen) atoms. The second-order valence-electron chi connectivity index (χ2n) is 10.1. The molecule has 0 aromatic rings. The zero-order valence-corrected chi connectivity index (χ0v) is 23.0. The standard InChI is InChI=1S/C22H44O4SSi2/c1-10-29(11-2,12-3)26-20(18(4)25-28(8,9)21(5,6)7)22(15-13-17-23)16-14-19(24)27-22/h17-18,20H,10-16H2,1-9H3/t18-,20-,22-/m0/s1. The number of carbonyl (C=O) groups is 2. The van der Waals surface area contributed by atoms with Crippen molar-refractivity contribution in [2.75, 3.05) is 0 Å². The third-order valence-electron chi connectivity index (χ3n) is 7.30. The van der Waals surface area contributed by atoms with Crippen LogP contribution in [0.4, 0.5) is 0 Å². The van der Waals surface area contributed by atoms with Gasteiger partial charge in [0.05, 0.1) is 17.0 Å². The van der Waals surface area contributed by atoms with Crippen LogP contribution in [0.1, 0.15) is 74.1 Å². The minimum atomic E-state index is -2.00. The first-order valence-corrected chi connectivity index (χ1v) is 17.6. The van der Waals surface area contributed by atoms with Crippen LogP contribution in [0, 0.1) is 0 Å². The predicted octanol–water partition coefficient (Wildman–Crippen LogP) is 6.56. The van der Waals surface area contributed by atoms with E-state index in [0.717, 1.165) is 30.8 Å². The first kappa shape index (κ1) is 27.1. The fourth-order valence-corrected chi connectivity index (χ4v) is 9.95. The summed E-state index contributed by atoms with van der Waals surface area (Å²) < 4.78 is 13.6. The molecule has 1 aliphatic rings. The zero-order chi connectivity index (χ0) is 22.5. The van der Waals surface area contributed by atoms with Crippen molar-refractivity contribution in [3.05, 3.63) is 0 Å². The molecule has 1 rings (SSSR count). The molecule has 0 radical (unpaired) electrons. The van der Waals surface area contributed by atoms with Gasteiger partial charge in [0, 0.05) is 12.8 Å². The third-order valence-corrected chi connectivity index (χ3v) is 18.0. The molecular weight excluding hydrogens is 416 g/mol. The Balaban J connectivity index is 3.36. The number of hydrogen-bond donors (Lipinski definition) is 0. The van der Waals surface area contributed by atoms with E-state index in [-0.39, 0.29) is 27.1 Å². The topological polar surface area (TPSA) is 52.6 Å². The van der Waals surface area contributed by atoms with Crippen LogP contribution < -0.4 is 0 Å². The summed E-state index contributed by atoms with van der Waals surface area (Å²) in [5.41, 5.74) is 0. The predicted molar refractivity (Wildman–Crippen MR) is 130 cm³/mol. The van der Waals surface area contributed by atoms with Crippen LogP contribution in [0.2, 0.25) is 36.3 Å². The van der Waals surface area contributed by atoms with Gasteiger partial charge in [-0.15, -0.1) is 0 Å². The van der Waals surface area contributed by atoms with Crippen molar-refractivity contribution in [2.24, 2.45) is 0 Å². The SMILES string of the molecule is CC[Si](CC)(CC)O[C@@H]([C@H](C)O[Si](C)(C)C(C)(C)C)[C@]1(CCC=O)CCC(=O)S1. The third kappa shape index (κ3) is 6.51. The molecule has 0 spiro atoms. The van der Waals surface area contributed by atoms with Crippen molar-refractivity contribution in [1.82, 2.24) is 0 Å². The number of hydrogen-bond acceptors (Lipinski definition) is 5. The van der Waals surface area contributed by atoms with Crippen molar-refractivity contribution >= 4 is 39.8 Å². The highest BCUT2D eigenvalue weighted by Crippen LogP contribution is 2.50. The summed E-state index contributed by atoms with van der Waals surface area (Å²) in [6.45, 7) is 20.1. The van der Waals surface area contributed by atoms with E-state index in [2.05, 4.69) is 61.6 Å². The quantitative estimate of drug-likeness (QED) is 0.244. The van der Waals surface area contributed by atoms with E-state index >= 15 is 0 Å². The molecule has 0 unspecified atom stereocenters. The maximum absolute atomic E-state index is 12.4. The second kappa shape index (κ2) is 10.6. The highest BCUT2D eigenvalue weighted by molar-refractivity contribution is 8.15. The molecule has 170 valence electrons. The summed E-state index contributed by atoms with van der Waals surface area (Å²) in [7, 11) is -3.91. The summed E-state index contributed by atoms with van der Waals surface area (Å²) in [5, 5.41) is 0.329. The average Bonchev–Trinajstić information content (AvgIpc) is 3.02. The Morgan fingerprint density at radius 1 is 1.14 bits per heavy atom.